The Kier molecular flexibility index (Phi) is 4.23. The van der Waals surface area contributed by atoms with Gasteiger partial charge in [-0.3, -0.25) is 4.79 Å². The zero-order valence-electron chi connectivity index (χ0n) is 11.5. The maximum Gasteiger partial charge on any atom is 0.339 e. The zero-order chi connectivity index (χ0) is 15.4. The molecule has 0 saturated heterocycles. The van der Waals surface area contributed by atoms with Gasteiger partial charge < -0.3 is 15.5 Å². The highest BCUT2D eigenvalue weighted by Crippen LogP contribution is 2.21. The third-order valence-corrected chi connectivity index (χ3v) is 2.96. The maximum absolute atomic E-state index is 11.9. The van der Waals surface area contributed by atoms with E-state index in [-0.39, 0.29) is 23.6 Å². The molecule has 5 heteroatoms. The predicted molar refractivity (Wildman–Crippen MR) is 78.6 cm³/mol. The van der Waals surface area contributed by atoms with E-state index in [0.717, 1.165) is 11.1 Å². The molecule has 0 aromatic heterocycles. The van der Waals surface area contributed by atoms with Gasteiger partial charge in [0, 0.05) is 5.69 Å². The van der Waals surface area contributed by atoms with Crippen LogP contribution in [0.15, 0.2) is 42.5 Å². The summed E-state index contributed by atoms with van der Waals surface area (Å²) in [5.74, 6) is -1.83. The minimum atomic E-state index is -1.25. The molecule has 0 radical (unpaired) electrons. The molecule has 0 fully saturated rings. The monoisotopic (exact) mass is 285 g/mol. The van der Waals surface area contributed by atoms with Crippen LogP contribution in [0.5, 0.6) is 5.75 Å². The molecule has 0 saturated carbocycles. The highest BCUT2D eigenvalue weighted by molar-refractivity contribution is 5.96. The van der Waals surface area contributed by atoms with Crippen molar-refractivity contribution in [3.8, 4) is 5.75 Å². The van der Waals surface area contributed by atoms with Crippen LogP contribution in [-0.2, 0) is 11.2 Å². The van der Waals surface area contributed by atoms with Gasteiger partial charge in [0.1, 0.15) is 11.3 Å². The summed E-state index contributed by atoms with van der Waals surface area (Å²) >= 11 is 0. The van der Waals surface area contributed by atoms with Crippen LogP contribution in [0, 0.1) is 6.92 Å². The van der Waals surface area contributed by atoms with Gasteiger partial charge in [0.05, 0.1) is 6.42 Å². The fraction of sp³-hybridized carbons (Fsp3) is 0.125. The molecule has 2 aromatic rings. The Hall–Kier alpha value is -2.82. The standard InChI is InChI=1S/C16H15NO4/c1-10-3-2-4-11(7-10)8-15(19)17-12-5-6-14(18)13(9-12)16(20)21/h2-7,9,18H,8H2,1H3,(H,17,19)(H,20,21). The van der Waals surface area contributed by atoms with E-state index in [2.05, 4.69) is 5.32 Å². The summed E-state index contributed by atoms with van der Waals surface area (Å²) in [6.45, 7) is 1.94. The first-order valence-electron chi connectivity index (χ1n) is 6.37. The fourth-order valence-corrected chi connectivity index (χ4v) is 2.00. The number of phenols is 1. The lowest BCUT2D eigenvalue weighted by atomic mass is 10.1. The number of aryl methyl sites for hydroxylation is 1. The molecule has 0 heterocycles. The highest BCUT2D eigenvalue weighted by atomic mass is 16.4. The van der Waals surface area contributed by atoms with Crippen LogP contribution in [0.25, 0.3) is 0 Å². The van der Waals surface area contributed by atoms with Gasteiger partial charge >= 0.3 is 5.97 Å². The molecule has 5 nitrogen and oxygen atoms in total. The van der Waals surface area contributed by atoms with Gasteiger partial charge in [-0.15, -0.1) is 0 Å². The molecular weight excluding hydrogens is 270 g/mol. The second-order valence-corrected chi connectivity index (χ2v) is 4.75. The van der Waals surface area contributed by atoms with Crippen molar-refractivity contribution in [1.82, 2.24) is 0 Å². The van der Waals surface area contributed by atoms with E-state index in [1.165, 1.54) is 18.2 Å². The molecule has 0 aliphatic rings. The Morgan fingerprint density at radius 3 is 2.57 bits per heavy atom. The smallest absolute Gasteiger partial charge is 0.339 e. The Bertz CT molecular complexity index is 694. The highest BCUT2D eigenvalue weighted by Gasteiger charge is 2.11. The third-order valence-electron chi connectivity index (χ3n) is 2.96. The average molecular weight is 285 g/mol. The van der Waals surface area contributed by atoms with E-state index >= 15 is 0 Å². The molecule has 21 heavy (non-hydrogen) atoms. The van der Waals surface area contributed by atoms with Crippen molar-refractivity contribution in [2.24, 2.45) is 0 Å². The molecule has 2 aromatic carbocycles. The lowest BCUT2D eigenvalue weighted by Crippen LogP contribution is -2.14. The van der Waals surface area contributed by atoms with Crippen molar-refractivity contribution in [2.45, 2.75) is 13.3 Å². The van der Waals surface area contributed by atoms with Gasteiger partial charge in [-0.25, -0.2) is 4.79 Å². The number of anilines is 1. The number of benzene rings is 2. The SMILES string of the molecule is Cc1cccc(CC(=O)Nc2ccc(O)c(C(=O)O)c2)c1. The van der Waals surface area contributed by atoms with Crippen LogP contribution in [0.3, 0.4) is 0 Å². The number of nitrogens with one attached hydrogen (secondary N) is 1. The van der Waals surface area contributed by atoms with Crippen LogP contribution >= 0.6 is 0 Å². The summed E-state index contributed by atoms with van der Waals surface area (Å²) in [4.78, 5) is 22.9. The summed E-state index contributed by atoms with van der Waals surface area (Å²) in [5, 5.41) is 20.9. The predicted octanol–water partition coefficient (Wildman–Crippen LogP) is 2.58. The molecule has 0 spiro atoms. The number of amides is 1. The van der Waals surface area contributed by atoms with E-state index in [1.54, 1.807) is 0 Å². The second-order valence-electron chi connectivity index (χ2n) is 4.75. The van der Waals surface area contributed by atoms with Crippen LogP contribution < -0.4 is 5.32 Å². The number of rotatable bonds is 4. The van der Waals surface area contributed by atoms with Crippen molar-refractivity contribution < 1.29 is 19.8 Å². The molecule has 3 N–H and O–H groups in total. The fourth-order valence-electron chi connectivity index (χ4n) is 2.00. The Morgan fingerprint density at radius 1 is 1.14 bits per heavy atom. The molecular formula is C16H15NO4. The summed E-state index contributed by atoms with van der Waals surface area (Å²) in [5.41, 5.74) is 2.04. The quantitative estimate of drug-likeness (QED) is 0.753. The minimum Gasteiger partial charge on any atom is -0.507 e. The molecule has 0 atom stereocenters. The van der Waals surface area contributed by atoms with Crippen molar-refractivity contribution in [3.63, 3.8) is 0 Å². The first-order chi connectivity index (χ1) is 9.95. The molecule has 0 aliphatic carbocycles. The Labute approximate surface area is 121 Å². The first-order valence-corrected chi connectivity index (χ1v) is 6.37. The molecule has 108 valence electrons. The maximum atomic E-state index is 11.9. The van der Waals surface area contributed by atoms with Crippen molar-refractivity contribution in [3.05, 3.63) is 59.2 Å². The van der Waals surface area contributed by atoms with Gasteiger partial charge in [-0.2, -0.15) is 0 Å². The van der Waals surface area contributed by atoms with Crippen LogP contribution in [0.2, 0.25) is 0 Å². The van der Waals surface area contributed by atoms with E-state index in [0.29, 0.717) is 5.69 Å². The van der Waals surface area contributed by atoms with Crippen molar-refractivity contribution in [1.29, 1.82) is 0 Å². The average Bonchev–Trinajstić information content (AvgIpc) is 2.40. The molecule has 0 bridgehead atoms. The van der Waals surface area contributed by atoms with Crippen molar-refractivity contribution in [2.75, 3.05) is 5.32 Å². The van der Waals surface area contributed by atoms with Gasteiger partial charge in [0.2, 0.25) is 5.91 Å². The van der Waals surface area contributed by atoms with Gasteiger partial charge in [0.25, 0.3) is 0 Å². The first kappa shape index (κ1) is 14.6. The number of carbonyl (C=O) groups is 2. The minimum absolute atomic E-state index is 0.199. The number of carbonyl (C=O) groups excluding carboxylic acids is 1. The number of hydrogen-bond acceptors (Lipinski definition) is 3. The lowest BCUT2D eigenvalue weighted by molar-refractivity contribution is -0.115. The van der Waals surface area contributed by atoms with Crippen LogP contribution in [0.1, 0.15) is 21.5 Å². The molecule has 0 aliphatic heterocycles. The van der Waals surface area contributed by atoms with E-state index < -0.39 is 5.97 Å². The number of aromatic hydroxyl groups is 1. The van der Waals surface area contributed by atoms with Crippen LogP contribution in [0.4, 0.5) is 5.69 Å². The summed E-state index contributed by atoms with van der Waals surface area (Å²) in [6, 6.07) is 11.5. The zero-order valence-corrected chi connectivity index (χ0v) is 11.5. The Morgan fingerprint density at radius 2 is 1.90 bits per heavy atom. The number of aromatic carboxylic acids is 1. The molecule has 2 rings (SSSR count). The number of carboxylic acids is 1. The number of carboxylic acid groups (broad SMARTS) is 1. The topological polar surface area (TPSA) is 86.6 Å². The summed E-state index contributed by atoms with van der Waals surface area (Å²) < 4.78 is 0. The molecule has 1 amide bonds. The van der Waals surface area contributed by atoms with Crippen LogP contribution in [-0.4, -0.2) is 22.1 Å². The van der Waals surface area contributed by atoms with Gasteiger partial charge in [0.15, 0.2) is 0 Å². The van der Waals surface area contributed by atoms with E-state index in [4.69, 9.17) is 5.11 Å². The number of hydrogen-bond donors (Lipinski definition) is 3. The van der Waals surface area contributed by atoms with Crippen molar-refractivity contribution >= 4 is 17.6 Å². The Balaban J connectivity index is 2.09. The summed E-state index contributed by atoms with van der Waals surface area (Å²) in [7, 11) is 0. The second kappa shape index (κ2) is 6.09. The van der Waals surface area contributed by atoms with E-state index in [1.807, 2.05) is 31.2 Å². The largest absolute Gasteiger partial charge is 0.507 e. The lowest BCUT2D eigenvalue weighted by Gasteiger charge is -2.07. The molecule has 0 unspecified atom stereocenters. The van der Waals surface area contributed by atoms with E-state index in [9.17, 15) is 14.7 Å². The van der Waals surface area contributed by atoms with Gasteiger partial charge in [-0.1, -0.05) is 29.8 Å². The third kappa shape index (κ3) is 3.82. The normalized spacial score (nSPS) is 10.1. The van der Waals surface area contributed by atoms with Gasteiger partial charge in [-0.05, 0) is 30.7 Å². The summed E-state index contributed by atoms with van der Waals surface area (Å²) in [6.07, 6.45) is 0.199.